The molecule has 1 unspecified atom stereocenters. The Bertz CT molecular complexity index is 333. The predicted molar refractivity (Wildman–Crippen MR) is 59.7 cm³/mol. The van der Waals surface area contributed by atoms with Crippen LogP contribution in [-0.2, 0) is 0 Å². The molecular formula is C9H11BrClNO2. The number of aliphatic hydroxyl groups is 1. The highest BCUT2D eigenvalue weighted by Crippen LogP contribution is 2.34. The van der Waals surface area contributed by atoms with E-state index in [4.69, 9.17) is 27.2 Å². The minimum atomic E-state index is -0.475. The van der Waals surface area contributed by atoms with Gasteiger partial charge < -0.3 is 15.6 Å². The van der Waals surface area contributed by atoms with Crippen molar-refractivity contribution in [3.05, 3.63) is 27.2 Å². The Labute approximate surface area is 95.9 Å². The molecule has 1 atom stereocenters. The Hall–Kier alpha value is -0.290. The van der Waals surface area contributed by atoms with Crippen LogP contribution >= 0.6 is 27.5 Å². The van der Waals surface area contributed by atoms with Gasteiger partial charge in [-0.2, -0.15) is 0 Å². The third-order valence-corrected chi connectivity index (χ3v) is 2.72. The minimum absolute atomic E-state index is 0.142. The van der Waals surface area contributed by atoms with Crippen molar-refractivity contribution in [1.82, 2.24) is 0 Å². The zero-order valence-electron chi connectivity index (χ0n) is 7.63. The monoisotopic (exact) mass is 279 g/mol. The molecule has 3 N–H and O–H groups in total. The lowest BCUT2D eigenvalue weighted by molar-refractivity contribution is 0.264. The zero-order chi connectivity index (χ0) is 10.7. The van der Waals surface area contributed by atoms with Crippen molar-refractivity contribution in [2.75, 3.05) is 13.7 Å². The molecule has 1 aromatic carbocycles. The summed E-state index contributed by atoms with van der Waals surface area (Å²) in [6, 6.07) is 2.91. The molecule has 0 saturated heterocycles. The van der Waals surface area contributed by atoms with Crippen LogP contribution in [0.5, 0.6) is 5.75 Å². The lowest BCUT2D eigenvalue weighted by atomic mass is 10.1. The molecule has 0 fully saturated rings. The van der Waals surface area contributed by atoms with E-state index in [0.717, 1.165) is 10.0 Å². The first-order valence-electron chi connectivity index (χ1n) is 3.99. The van der Waals surface area contributed by atoms with E-state index >= 15 is 0 Å². The van der Waals surface area contributed by atoms with E-state index in [0.29, 0.717) is 10.8 Å². The molecule has 5 heteroatoms. The van der Waals surface area contributed by atoms with Crippen molar-refractivity contribution in [2.24, 2.45) is 5.73 Å². The third-order valence-electron chi connectivity index (χ3n) is 1.84. The van der Waals surface area contributed by atoms with E-state index in [2.05, 4.69) is 15.9 Å². The molecule has 0 amide bonds. The Morgan fingerprint density at radius 3 is 2.79 bits per heavy atom. The highest BCUT2D eigenvalue weighted by Gasteiger charge is 2.15. The molecule has 0 aliphatic carbocycles. The van der Waals surface area contributed by atoms with E-state index in [1.165, 1.54) is 7.11 Å². The molecule has 14 heavy (non-hydrogen) atoms. The molecular weight excluding hydrogens is 269 g/mol. The second-order valence-corrected chi connectivity index (χ2v) is 4.08. The van der Waals surface area contributed by atoms with Crippen molar-refractivity contribution < 1.29 is 9.84 Å². The molecule has 0 aliphatic heterocycles. The van der Waals surface area contributed by atoms with Crippen LogP contribution in [0, 0.1) is 0 Å². The zero-order valence-corrected chi connectivity index (χ0v) is 9.97. The van der Waals surface area contributed by atoms with Crippen molar-refractivity contribution in [3.63, 3.8) is 0 Å². The second kappa shape index (κ2) is 4.98. The summed E-state index contributed by atoms with van der Waals surface area (Å²) >= 11 is 9.16. The molecule has 0 saturated carbocycles. The van der Waals surface area contributed by atoms with Gasteiger partial charge in [-0.3, -0.25) is 0 Å². The number of methoxy groups -OCH3 is 1. The molecule has 0 radical (unpaired) electrons. The van der Waals surface area contributed by atoms with Crippen LogP contribution in [0.15, 0.2) is 16.6 Å². The molecule has 1 aromatic rings. The van der Waals surface area contributed by atoms with E-state index in [1.807, 2.05) is 0 Å². The fourth-order valence-electron chi connectivity index (χ4n) is 1.18. The maximum Gasteiger partial charge on any atom is 0.126 e. The summed E-state index contributed by atoms with van der Waals surface area (Å²) in [7, 11) is 1.53. The fourth-order valence-corrected chi connectivity index (χ4v) is 2.26. The first-order valence-corrected chi connectivity index (χ1v) is 5.16. The third kappa shape index (κ3) is 2.39. The van der Waals surface area contributed by atoms with Gasteiger partial charge in [0.2, 0.25) is 0 Å². The first kappa shape index (κ1) is 11.8. The summed E-state index contributed by atoms with van der Waals surface area (Å²) in [6.07, 6.45) is 0. The Kier molecular flexibility index (Phi) is 4.19. The van der Waals surface area contributed by atoms with Gasteiger partial charge in [0.05, 0.1) is 19.8 Å². The number of hydrogen-bond donors (Lipinski definition) is 2. The summed E-state index contributed by atoms with van der Waals surface area (Å²) in [4.78, 5) is 0. The first-order chi connectivity index (χ1) is 6.60. The number of aliphatic hydroxyl groups excluding tert-OH is 1. The van der Waals surface area contributed by atoms with Crippen LogP contribution in [0.4, 0.5) is 0 Å². The SMILES string of the molecule is COc1cc(Cl)cc(Br)c1C(N)CO. The van der Waals surface area contributed by atoms with E-state index in [1.54, 1.807) is 12.1 Å². The number of hydrogen-bond acceptors (Lipinski definition) is 3. The Balaban J connectivity index is 3.24. The number of ether oxygens (including phenoxy) is 1. The number of benzene rings is 1. The molecule has 78 valence electrons. The Morgan fingerprint density at radius 1 is 1.64 bits per heavy atom. The van der Waals surface area contributed by atoms with Crippen LogP contribution in [0.25, 0.3) is 0 Å². The van der Waals surface area contributed by atoms with Gasteiger partial charge in [0.25, 0.3) is 0 Å². The van der Waals surface area contributed by atoms with Crippen molar-refractivity contribution >= 4 is 27.5 Å². The maximum atomic E-state index is 8.97. The quantitative estimate of drug-likeness (QED) is 0.891. The highest BCUT2D eigenvalue weighted by molar-refractivity contribution is 9.10. The van der Waals surface area contributed by atoms with Gasteiger partial charge in [-0.15, -0.1) is 0 Å². The number of rotatable bonds is 3. The van der Waals surface area contributed by atoms with E-state index in [9.17, 15) is 0 Å². The maximum absolute atomic E-state index is 8.97. The molecule has 1 rings (SSSR count). The summed E-state index contributed by atoms with van der Waals surface area (Å²) in [5.74, 6) is 0.575. The summed E-state index contributed by atoms with van der Waals surface area (Å²) in [6.45, 7) is -0.142. The van der Waals surface area contributed by atoms with Gasteiger partial charge in [-0.05, 0) is 12.1 Å². The van der Waals surface area contributed by atoms with Gasteiger partial charge in [0.1, 0.15) is 5.75 Å². The van der Waals surface area contributed by atoms with Gasteiger partial charge in [-0.1, -0.05) is 27.5 Å². The Morgan fingerprint density at radius 2 is 2.29 bits per heavy atom. The van der Waals surface area contributed by atoms with Crippen molar-refractivity contribution in [1.29, 1.82) is 0 Å². The number of nitrogens with two attached hydrogens (primary N) is 1. The summed E-state index contributed by atoms with van der Waals surface area (Å²) in [5.41, 5.74) is 6.44. The van der Waals surface area contributed by atoms with E-state index < -0.39 is 6.04 Å². The van der Waals surface area contributed by atoms with Crippen molar-refractivity contribution in [2.45, 2.75) is 6.04 Å². The average molecular weight is 281 g/mol. The summed E-state index contributed by atoms with van der Waals surface area (Å²) < 4.78 is 5.86. The molecule has 0 spiro atoms. The lowest BCUT2D eigenvalue weighted by Crippen LogP contribution is -2.16. The van der Waals surface area contributed by atoms with Crippen LogP contribution in [0.3, 0.4) is 0 Å². The fraction of sp³-hybridized carbons (Fsp3) is 0.333. The normalized spacial score (nSPS) is 12.6. The molecule has 0 aliphatic rings. The van der Waals surface area contributed by atoms with Gasteiger partial charge in [-0.25, -0.2) is 0 Å². The van der Waals surface area contributed by atoms with Gasteiger partial charge in [0.15, 0.2) is 0 Å². The molecule has 3 nitrogen and oxygen atoms in total. The van der Waals surface area contributed by atoms with E-state index in [-0.39, 0.29) is 6.61 Å². The minimum Gasteiger partial charge on any atom is -0.496 e. The number of halogens is 2. The smallest absolute Gasteiger partial charge is 0.126 e. The van der Waals surface area contributed by atoms with Crippen molar-refractivity contribution in [3.8, 4) is 5.75 Å². The average Bonchev–Trinajstić information content (AvgIpc) is 2.15. The molecule has 0 bridgehead atoms. The molecule has 0 aromatic heterocycles. The van der Waals surface area contributed by atoms with Crippen LogP contribution in [0.2, 0.25) is 5.02 Å². The lowest BCUT2D eigenvalue weighted by Gasteiger charge is -2.15. The highest BCUT2D eigenvalue weighted by atomic mass is 79.9. The van der Waals surface area contributed by atoms with Crippen LogP contribution < -0.4 is 10.5 Å². The summed E-state index contributed by atoms with van der Waals surface area (Å²) in [5, 5.41) is 9.53. The van der Waals surface area contributed by atoms with Gasteiger partial charge >= 0.3 is 0 Å². The second-order valence-electron chi connectivity index (χ2n) is 2.79. The van der Waals surface area contributed by atoms with Gasteiger partial charge in [0, 0.05) is 15.1 Å². The predicted octanol–water partition coefficient (Wildman–Crippen LogP) is 2.10. The molecule has 0 heterocycles. The standard InChI is InChI=1S/C9H11BrClNO2/c1-14-8-3-5(11)2-6(10)9(8)7(12)4-13/h2-3,7,13H,4,12H2,1H3. The van der Waals surface area contributed by atoms with Crippen LogP contribution in [-0.4, -0.2) is 18.8 Å². The van der Waals surface area contributed by atoms with Crippen LogP contribution in [0.1, 0.15) is 11.6 Å². The topological polar surface area (TPSA) is 55.5 Å². The largest absolute Gasteiger partial charge is 0.496 e.